The van der Waals surface area contributed by atoms with Crippen LogP contribution in [0.4, 0.5) is 0 Å². The molecule has 0 bridgehead atoms. The summed E-state index contributed by atoms with van der Waals surface area (Å²) < 4.78 is 15.0. The number of para-hydroxylation sites is 1. The molecule has 0 radical (unpaired) electrons. The maximum Gasteiger partial charge on any atom is 0.331 e. The predicted octanol–water partition coefficient (Wildman–Crippen LogP) is 2.73. The van der Waals surface area contributed by atoms with E-state index in [0.717, 1.165) is 0 Å². The van der Waals surface area contributed by atoms with E-state index < -0.39 is 5.97 Å². The summed E-state index contributed by atoms with van der Waals surface area (Å²) in [6.45, 7) is -0.346. The van der Waals surface area contributed by atoms with Crippen molar-refractivity contribution in [3.63, 3.8) is 0 Å². The fourth-order valence-corrected chi connectivity index (χ4v) is 1.67. The minimum Gasteiger partial charge on any atom is -0.496 e. The van der Waals surface area contributed by atoms with Gasteiger partial charge < -0.3 is 13.9 Å². The number of methoxy groups -OCH3 is 1. The maximum absolute atomic E-state index is 12.0. The van der Waals surface area contributed by atoms with Crippen LogP contribution in [-0.4, -0.2) is 25.5 Å². The highest BCUT2D eigenvalue weighted by Crippen LogP contribution is 2.17. The van der Waals surface area contributed by atoms with Gasteiger partial charge in [-0.15, -0.1) is 0 Å². The smallest absolute Gasteiger partial charge is 0.331 e. The van der Waals surface area contributed by atoms with Crippen molar-refractivity contribution in [2.45, 2.75) is 0 Å². The molecule has 0 N–H and O–H groups in total. The number of furan rings is 1. The molecule has 0 saturated heterocycles. The second kappa shape index (κ2) is 7.09. The Balaban J connectivity index is 1.90. The highest BCUT2D eigenvalue weighted by atomic mass is 16.5. The Labute approximate surface area is 121 Å². The van der Waals surface area contributed by atoms with Gasteiger partial charge in [0.1, 0.15) is 11.5 Å². The molecule has 2 rings (SSSR count). The zero-order chi connectivity index (χ0) is 15.1. The lowest BCUT2D eigenvalue weighted by Gasteiger charge is -2.06. The van der Waals surface area contributed by atoms with E-state index in [1.807, 2.05) is 0 Å². The first-order valence-electron chi connectivity index (χ1n) is 6.25. The molecular weight excluding hydrogens is 272 g/mol. The average Bonchev–Trinajstić information content (AvgIpc) is 3.04. The number of carbonyl (C=O) groups is 2. The van der Waals surface area contributed by atoms with Crippen molar-refractivity contribution in [3.05, 3.63) is 60.1 Å². The van der Waals surface area contributed by atoms with Crippen LogP contribution in [0.25, 0.3) is 6.08 Å². The predicted molar refractivity (Wildman–Crippen MR) is 76.0 cm³/mol. The number of rotatable bonds is 6. The largest absolute Gasteiger partial charge is 0.496 e. The van der Waals surface area contributed by atoms with Crippen LogP contribution in [-0.2, 0) is 9.53 Å². The number of ketones is 1. The third kappa shape index (κ3) is 4.07. The van der Waals surface area contributed by atoms with Gasteiger partial charge in [-0.25, -0.2) is 4.79 Å². The molecule has 1 aromatic heterocycles. The second-order valence-corrected chi connectivity index (χ2v) is 4.08. The molecule has 1 heterocycles. The quantitative estimate of drug-likeness (QED) is 0.464. The summed E-state index contributed by atoms with van der Waals surface area (Å²) in [5, 5.41) is 0. The zero-order valence-electron chi connectivity index (χ0n) is 11.4. The molecule has 0 amide bonds. The van der Waals surface area contributed by atoms with E-state index >= 15 is 0 Å². The van der Waals surface area contributed by atoms with E-state index in [4.69, 9.17) is 13.9 Å². The summed E-state index contributed by atoms with van der Waals surface area (Å²) >= 11 is 0. The van der Waals surface area contributed by atoms with Crippen molar-refractivity contribution in [1.29, 1.82) is 0 Å². The van der Waals surface area contributed by atoms with Crippen LogP contribution >= 0.6 is 0 Å². The number of ether oxygens (including phenoxy) is 2. The van der Waals surface area contributed by atoms with Crippen molar-refractivity contribution in [3.8, 4) is 5.75 Å². The summed E-state index contributed by atoms with van der Waals surface area (Å²) in [7, 11) is 1.48. The molecule has 1 aromatic carbocycles. The average molecular weight is 286 g/mol. The molecule has 0 spiro atoms. The lowest BCUT2D eigenvalue weighted by atomic mass is 10.1. The number of hydrogen-bond acceptors (Lipinski definition) is 5. The van der Waals surface area contributed by atoms with Crippen molar-refractivity contribution in [2.24, 2.45) is 0 Å². The Kier molecular flexibility index (Phi) is 4.93. The number of carbonyl (C=O) groups excluding carboxylic acids is 2. The molecular formula is C16H14O5. The molecule has 108 valence electrons. The van der Waals surface area contributed by atoms with Crippen LogP contribution in [0.15, 0.2) is 53.2 Å². The van der Waals surface area contributed by atoms with Gasteiger partial charge in [-0.2, -0.15) is 0 Å². The van der Waals surface area contributed by atoms with E-state index in [1.54, 1.807) is 36.4 Å². The van der Waals surface area contributed by atoms with Gasteiger partial charge in [0.25, 0.3) is 0 Å². The molecule has 0 aliphatic rings. The highest BCUT2D eigenvalue weighted by Gasteiger charge is 2.13. The van der Waals surface area contributed by atoms with Gasteiger partial charge in [0.2, 0.25) is 5.78 Å². The first-order chi connectivity index (χ1) is 10.2. The van der Waals surface area contributed by atoms with Crippen molar-refractivity contribution in [2.75, 3.05) is 13.7 Å². The van der Waals surface area contributed by atoms with Crippen LogP contribution in [0.3, 0.4) is 0 Å². The number of benzene rings is 1. The highest BCUT2D eigenvalue weighted by molar-refractivity contribution is 6.01. The number of esters is 1. The van der Waals surface area contributed by atoms with Crippen molar-refractivity contribution >= 4 is 17.8 Å². The molecule has 5 heteroatoms. The van der Waals surface area contributed by atoms with Crippen LogP contribution in [0.2, 0.25) is 0 Å². The van der Waals surface area contributed by atoms with E-state index in [0.29, 0.717) is 17.1 Å². The Hall–Kier alpha value is -2.82. The lowest BCUT2D eigenvalue weighted by Crippen LogP contribution is -2.13. The first-order valence-corrected chi connectivity index (χ1v) is 6.25. The van der Waals surface area contributed by atoms with E-state index in [2.05, 4.69) is 0 Å². The van der Waals surface area contributed by atoms with Gasteiger partial charge in [0.05, 0.1) is 18.9 Å². The van der Waals surface area contributed by atoms with E-state index in [9.17, 15) is 9.59 Å². The summed E-state index contributed by atoms with van der Waals surface area (Å²) in [5.74, 6) is 0.0366. The Morgan fingerprint density at radius 3 is 2.71 bits per heavy atom. The van der Waals surface area contributed by atoms with Gasteiger partial charge in [0, 0.05) is 6.08 Å². The standard InChI is InChI=1S/C16H14O5/c1-19-15-7-3-2-6-13(15)14(17)11-21-16(18)9-8-12-5-4-10-20-12/h2-10H,11H2,1H3/b9-8+. The van der Waals surface area contributed by atoms with Gasteiger partial charge in [-0.3, -0.25) is 4.79 Å². The fraction of sp³-hybridized carbons (Fsp3) is 0.125. The zero-order valence-corrected chi connectivity index (χ0v) is 11.4. The summed E-state index contributed by atoms with van der Waals surface area (Å²) in [5.41, 5.74) is 0.378. The number of Topliss-reactive ketones (excluding diaryl/α,β-unsaturated/α-hetero) is 1. The van der Waals surface area contributed by atoms with Crippen LogP contribution < -0.4 is 4.74 Å². The molecule has 21 heavy (non-hydrogen) atoms. The molecule has 0 saturated carbocycles. The molecule has 0 unspecified atom stereocenters. The first kappa shape index (κ1) is 14.6. The second-order valence-electron chi connectivity index (χ2n) is 4.08. The van der Waals surface area contributed by atoms with Crippen LogP contribution in [0, 0.1) is 0 Å². The summed E-state index contributed by atoms with van der Waals surface area (Å²) in [6.07, 6.45) is 4.17. The summed E-state index contributed by atoms with van der Waals surface area (Å²) in [4.78, 5) is 23.5. The Morgan fingerprint density at radius 2 is 2.00 bits per heavy atom. The monoisotopic (exact) mass is 286 g/mol. The Morgan fingerprint density at radius 1 is 1.19 bits per heavy atom. The van der Waals surface area contributed by atoms with E-state index in [-0.39, 0.29) is 12.4 Å². The molecule has 0 aliphatic carbocycles. The van der Waals surface area contributed by atoms with E-state index in [1.165, 1.54) is 25.5 Å². The SMILES string of the molecule is COc1ccccc1C(=O)COC(=O)/C=C/c1ccco1. The van der Waals surface area contributed by atoms with Crippen molar-refractivity contribution in [1.82, 2.24) is 0 Å². The lowest BCUT2D eigenvalue weighted by molar-refractivity contribution is -0.136. The summed E-state index contributed by atoms with van der Waals surface area (Å²) in [6, 6.07) is 10.2. The molecule has 0 fully saturated rings. The molecule has 5 nitrogen and oxygen atoms in total. The van der Waals surface area contributed by atoms with Gasteiger partial charge in [-0.1, -0.05) is 12.1 Å². The van der Waals surface area contributed by atoms with Crippen LogP contribution in [0.1, 0.15) is 16.1 Å². The van der Waals surface area contributed by atoms with Gasteiger partial charge in [-0.05, 0) is 30.3 Å². The third-order valence-electron chi connectivity index (χ3n) is 2.68. The number of hydrogen-bond donors (Lipinski definition) is 0. The van der Waals surface area contributed by atoms with Crippen molar-refractivity contribution < 1.29 is 23.5 Å². The Bertz CT molecular complexity index is 640. The molecule has 2 aromatic rings. The topological polar surface area (TPSA) is 65.7 Å². The van der Waals surface area contributed by atoms with Gasteiger partial charge >= 0.3 is 5.97 Å². The third-order valence-corrected chi connectivity index (χ3v) is 2.68. The molecule has 0 atom stereocenters. The molecule has 0 aliphatic heterocycles. The van der Waals surface area contributed by atoms with Crippen LogP contribution in [0.5, 0.6) is 5.75 Å². The normalized spacial score (nSPS) is 10.5. The minimum atomic E-state index is -0.616. The maximum atomic E-state index is 12.0. The minimum absolute atomic E-state index is 0.327. The van der Waals surface area contributed by atoms with Gasteiger partial charge in [0.15, 0.2) is 6.61 Å². The fourth-order valence-electron chi connectivity index (χ4n) is 1.67.